The van der Waals surface area contributed by atoms with E-state index in [0.717, 1.165) is 43.0 Å². The van der Waals surface area contributed by atoms with Gasteiger partial charge in [0.15, 0.2) is 11.5 Å². The normalized spacial score (nSPS) is 32.4. The summed E-state index contributed by atoms with van der Waals surface area (Å²) in [5, 5.41) is 0. The topological polar surface area (TPSA) is 56.5 Å². The van der Waals surface area contributed by atoms with Gasteiger partial charge in [-0.2, -0.15) is 0 Å². The van der Waals surface area contributed by atoms with E-state index < -0.39 is 0 Å². The number of nitrogens with one attached hydrogen (secondary N) is 1. The third kappa shape index (κ3) is 2.17. The molecule has 1 aromatic carbocycles. The predicted octanol–water partition coefficient (Wildman–Crippen LogP) is 2.40. The number of nitrogens with two attached hydrogens (primary N) is 1. The molecule has 1 heterocycles. The van der Waals surface area contributed by atoms with Gasteiger partial charge in [-0.05, 0) is 54.7 Å². The van der Waals surface area contributed by atoms with Crippen LogP contribution in [-0.2, 0) is 0 Å². The zero-order valence-electron chi connectivity index (χ0n) is 11.7. The van der Waals surface area contributed by atoms with Crippen molar-refractivity contribution in [1.29, 1.82) is 0 Å². The van der Waals surface area contributed by atoms with Gasteiger partial charge in [-0.3, -0.25) is 11.3 Å². The van der Waals surface area contributed by atoms with E-state index in [1.54, 1.807) is 0 Å². The van der Waals surface area contributed by atoms with Crippen molar-refractivity contribution in [2.24, 2.45) is 23.6 Å². The summed E-state index contributed by atoms with van der Waals surface area (Å²) >= 11 is 0. The molecule has 3 unspecified atom stereocenters. The minimum Gasteiger partial charge on any atom is -0.490 e. The Kier molecular flexibility index (Phi) is 3.08. The lowest BCUT2D eigenvalue weighted by Crippen LogP contribution is -2.33. The molecule has 20 heavy (non-hydrogen) atoms. The molecule has 0 saturated heterocycles. The number of benzene rings is 1. The summed E-state index contributed by atoms with van der Waals surface area (Å²) in [7, 11) is 0. The zero-order chi connectivity index (χ0) is 13.5. The van der Waals surface area contributed by atoms with Crippen molar-refractivity contribution in [2.45, 2.75) is 31.7 Å². The number of rotatable bonds is 3. The van der Waals surface area contributed by atoms with Crippen molar-refractivity contribution in [3.63, 3.8) is 0 Å². The average molecular weight is 274 g/mol. The van der Waals surface area contributed by atoms with E-state index >= 15 is 0 Å². The number of fused-ring (bicyclic) bond motifs is 2. The minimum atomic E-state index is 0.236. The smallest absolute Gasteiger partial charge is 0.161 e. The second-order valence-electron chi connectivity index (χ2n) is 6.39. The molecule has 4 heteroatoms. The fourth-order valence-electron chi connectivity index (χ4n) is 3.91. The highest BCUT2D eigenvalue weighted by Gasteiger charge is 2.48. The third-order valence-corrected chi connectivity index (χ3v) is 5.06. The summed E-state index contributed by atoms with van der Waals surface area (Å²) in [6.07, 6.45) is 5.01. The molecule has 0 spiro atoms. The molecule has 3 atom stereocenters. The monoisotopic (exact) mass is 274 g/mol. The molecule has 1 aromatic rings. The van der Waals surface area contributed by atoms with E-state index in [1.807, 2.05) is 6.07 Å². The Bertz CT molecular complexity index is 495. The minimum absolute atomic E-state index is 0.236. The van der Waals surface area contributed by atoms with Gasteiger partial charge in [0.05, 0.1) is 13.2 Å². The summed E-state index contributed by atoms with van der Waals surface area (Å²) < 4.78 is 11.5. The van der Waals surface area contributed by atoms with Gasteiger partial charge in [-0.15, -0.1) is 0 Å². The zero-order valence-corrected chi connectivity index (χ0v) is 11.7. The molecule has 4 rings (SSSR count). The predicted molar refractivity (Wildman–Crippen MR) is 76.4 cm³/mol. The molecule has 2 aliphatic carbocycles. The molecule has 2 fully saturated rings. The summed E-state index contributed by atoms with van der Waals surface area (Å²) in [4.78, 5) is 0. The molecule has 3 aliphatic rings. The molecule has 0 aromatic heterocycles. The van der Waals surface area contributed by atoms with Crippen LogP contribution in [0.4, 0.5) is 0 Å². The first kappa shape index (κ1) is 12.5. The lowest BCUT2D eigenvalue weighted by molar-refractivity contribution is 0.296. The number of hydrogen-bond acceptors (Lipinski definition) is 4. The Morgan fingerprint density at radius 3 is 2.55 bits per heavy atom. The van der Waals surface area contributed by atoms with Crippen LogP contribution < -0.4 is 20.7 Å². The maximum atomic E-state index is 5.83. The van der Waals surface area contributed by atoms with Gasteiger partial charge >= 0.3 is 0 Å². The lowest BCUT2D eigenvalue weighted by atomic mass is 9.89. The van der Waals surface area contributed by atoms with E-state index in [0.29, 0.717) is 5.92 Å². The van der Waals surface area contributed by atoms with Crippen molar-refractivity contribution in [3.8, 4) is 11.5 Å². The van der Waals surface area contributed by atoms with Gasteiger partial charge in [-0.1, -0.05) is 6.07 Å². The van der Waals surface area contributed by atoms with Gasteiger partial charge < -0.3 is 9.47 Å². The summed E-state index contributed by atoms with van der Waals surface area (Å²) in [6, 6.07) is 6.49. The second-order valence-corrected chi connectivity index (χ2v) is 6.39. The molecule has 0 bridgehead atoms. The Morgan fingerprint density at radius 1 is 1.05 bits per heavy atom. The second kappa shape index (κ2) is 4.93. The quantitative estimate of drug-likeness (QED) is 0.656. The van der Waals surface area contributed by atoms with Crippen LogP contribution in [0, 0.1) is 17.8 Å². The first-order valence-corrected chi connectivity index (χ1v) is 7.71. The summed E-state index contributed by atoms with van der Waals surface area (Å²) in [5.74, 6) is 10.1. The average Bonchev–Trinajstić information content (AvgIpc) is 3.15. The fraction of sp³-hybridized carbons (Fsp3) is 0.625. The standard InChI is InChI=1S/C16H22N2O2/c17-18-16(13-7-11-6-12(11)8-13)10-2-3-14-15(9-10)20-5-1-4-19-14/h2-3,9,11-13,16,18H,1,4-8,17H2. The Morgan fingerprint density at radius 2 is 1.80 bits per heavy atom. The van der Waals surface area contributed by atoms with Gasteiger partial charge in [0.2, 0.25) is 0 Å². The van der Waals surface area contributed by atoms with Crippen LogP contribution >= 0.6 is 0 Å². The lowest BCUT2D eigenvalue weighted by Gasteiger charge is -2.25. The van der Waals surface area contributed by atoms with Crippen LogP contribution in [0.25, 0.3) is 0 Å². The van der Waals surface area contributed by atoms with Crippen molar-refractivity contribution >= 4 is 0 Å². The molecular weight excluding hydrogens is 252 g/mol. The largest absolute Gasteiger partial charge is 0.490 e. The van der Waals surface area contributed by atoms with E-state index in [9.17, 15) is 0 Å². The van der Waals surface area contributed by atoms with Crippen molar-refractivity contribution < 1.29 is 9.47 Å². The summed E-state index contributed by atoms with van der Waals surface area (Å²) in [6.45, 7) is 1.46. The van der Waals surface area contributed by atoms with Crippen molar-refractivity contribution in [2.75, 3.05) is 13.2 Å². The van der Waals surface area contributed by atoms with Crippen LogP contribution in [0.5, 0.6) is 11.5 Å². The summed E-state index contributed by atoms with van der Waals surface area (Å²) in [5.41, 5.74) is 4.25. The van der Waals surface area contributed by atoms with Crippen LogP contribution in [0.15, 0.2) is 18.2 Å². The Hall–Kier alpha value is -1.26. The number of hydrazine groups is 1. The molecule has 0 radical (unpaired) electrons. The molecule has 1 aliphatic heterocycles. The highest BCUT2D eigenvalue weighted by atomic mass is 16.5. The molecule has 0 amide bonds. The van der Waals surface area contributed by atoms with Gasteiger partial charge in [0, 0.05) is 12.5 Å². The van der Waals surface area contributed by atoms with Gasteiger partial charge in [-0.25, -0.2) is 0 Å². The van der Waals surface area contributed by atoms with Crippen LogP contribution in [0.2, 0.25) is 0 Å². The Labute approximate surface area is 119 Å². The van der Waals surface area contributed by atoms with E-state index in [2.05, 4.69) is 17.6 Å². The molecule has 2 saturated carbocycles. The number of hydrogen-bond donors (Lipinski definition) is 2. The third-order valence-electron chi connectivity index (χ3n) is 5.06. The molecule has 4 nitrogen and oxygen atoms in total. The highest BCUT2D eigenvalue weighted by Crippen LogP contribution is 2.57. The maximum absolute atomic E-state index is 5.83. The van der Waals surface area contributed by atoms with Gasteiger partial charge in [0.25, 0.3) is 0 Å². The van der Waals surface area contributed by atoms with E-state index in [4.69, 9.17) is 15.3 Å². The molecular formula is C16H22N2O2. The first-order chi connectivity index (χ1) is 9.85. The van der Waals surface area contributed by atoms with Crippen molar-refractivity contribution in [3.05, 3.63) is 23.8 Å². The first-order valence-electron chi connectivity index (χ1n) is 7.71. The molecule has 108 valence electrons. The van der Waals surface area contributed by atoms with Gasteiger partial charge in [0.1, 0.15) is 0 Å². The SMILES string of the molecule is NNC(c1ccc2c(c1)OCCCO2)C1CC2CC2C1. The maximum Gasteiger partial charge on any atom is 0.161 e. The molecule has 3 N–H and O–H groups in total. The van der Waals surface area contributed by atoms with Crippen LogP contribution in [0.1, 0.15) is 37.3 Å². The van der Waals surface area contributed by atoms with Crippen LogP contribution in [0.3, 0.4) is 0 Å². The van der Waals surface area contributed by atoms with E-state index in [-0.39, 0.29) is 6.04 Å². The fourth-order valence-corrected chi connectivity index (χ4v) is 3.91. The van der Waals surface area contributed by atoms with Crippen molar-refractivity contribution in [1.82, 2.24) is 5.43 Å². The highest BCUT2D eigenvalue weighted by molar-refractivity contribution is 5.44. The number of ether oxygens (including phenoxy) is 2. The Balaban J connectivity index is 1.58. The van der Waals surface area contributed by atoms with Crippen LogP contribution in [-0.4, -0.2) is 13.2 Å². The van der Waals surface area contributed by atoms with E-state index in [1.165, 1.54) is 24.8 Å².